The second-order valence-electron chi connectivity index (χ2n) is 4.62. The lowest BCUT2D eigenvalue weighted by molar-refractivity contribution is 0.0600. The van der Waals surface area contributed by atoms with Gasteiger partial charge in [-0.05, 0) is 31.2 Å². The van der Waals surface area contributed by atoms with Gasteiger partial charge in [0, 0.05) is 0 Å². The summed E-state index contributed by atoms with van der Waals surface area (Å²) in [5, 5.41) is 0. The predicted octanol–water partition coefficient (Wildman–Crippen LogP) is 3.59. The summed E-state index contributed by atoms with van der Waals surface area (Å²) in [5.74, 6) is 1.36. The lowest BCUT2D eigenvalue weighted by atomic mass is 10.2. The first kappa shape index (κ1) is 15.7. The number of carbonyl (C=O) groups is 1. The molecule has 2 aromatic rings. The number of hydrogen-bond acceptors (Lipinski definition) is 5. The Balaban J connectivity index is 2.44. The molecule has 0 atom stereocenters. The zero-order valence-corrected chi connectivity index (χ0v) is 13.0. The maximum Gasteiger partial charge on any atom is 0.338 e. The normalized spacial score (nSPS) is 10.0. The minimum atomic E-state index is -0.474. The average molecular weight is 302 g/mol. The maximum atomic E-state index is 11.7. The van der Waals surface area contributed by atoms with E-state index in [4.69, 9.17) is 18.9 Å². The summed E-state index contributed by atoms with van der Waals surface area (Å²) in [6.45, 7) is 2.00. The molecule has 2 rings (SSSR count). The van der Waals surface area contributed by atoms with Crippen LogP contribution in [0.3, 0.4) is 0 Å². The van der Waals surface area contributed by atoms with Crippen LogP contribution in [0.15, 0.2) is 36.4 Å². The van der Waals surface area contributed by atoms with Gasteiger partial charge in [0.15, 0.2) is 11.5 Å². The Morgan fingerprint density at radius 2 is 1.45 bits per heavy atom. The third kappa shape index (κ3) is 3.31. The molecule has 0 aliphatic heterocycles. The van der Waals surface area contributed by atoms with Crippen LogP contribution in [0, 0.1) is 6.92 Å². The van der Waals surface area contributed by atoms with Crippen LogP contribution in [0.25, 0.3) is 0 Å². The molecule has 0 fully saturated rings. The second kappa shape index (κ2) is 6.85. The van der Waals surface area contributed by atoms with E-state index in [1.54, 1.807) is 12.1 Å². The van der Waals surface area contributed by atoms with Crippen molar-refractivity contribution < 1.29 is 23.7 Å². The molecule has 0 aromatic heterocycles. The molecule has 5 nitrogen and oxygen atoms in total. The van der Waals surface area contributed by atoms with Gasteiger partial charge in [0.05, 0.1) is 26.9 Å². The Bertz CT molecular complexity index is 636. The summed E-state index contributed by atoms with van der Waals surface area (Å²) < 4.78 is 21.2. The summed E-state index contributed by atoms with van der Waals surface area (Å²) in [7, 11) is 4.31. The smallest absolute Gasteiger partial charge is 0.338 e. The third-order valence-corrected chi connectivity index (χ3v) is 3.12. The summed E-state index contributed by atoms with van der Waals surface area (Å²) in [6.07, 6.45) is 0. The van der Waals surface area contributed by atoms with Crippen LogP contribution in [-0.2, 0) is 4.74 Å². The molecule has 0 aliphatic carbocycles. The predicted molar refractivity (Wildman–Crippen MR) is 82.1 cm³/mol. The highest BCUT2D eigenvalue weighted by Crippen LogP contribution is 2.41. The Hall–Kier alpha value is -2.69. The molecule has 0 aliphatic rings. The maximum absolute atomic E-state index is 11.7. The van der Waals surface area contributed by atoms with Gasteiger partial charge in [-0.2, -0.15) is 0 Å². The van der Waals surface area contributed by atoms with Gasteiger partial charge in [-0.15, -0.1) is 0 Å². The number of ether oxygens (including phenoxy) is 4. The topological polar surface area (TPSA) is 54.0 Å². The fraction of sp³-hybridized carbons (Fsp3) is 0.235. The second-order valence-corrected chi connectivity index (χ2v) is 4.62. The molecular formula is C17H18O5. The van der Waals surface area contributed by atoms with E-state index in [0.29, 0.717) is 28.6 Å². The van der Waals surface area contributed by atoms with Crippen LogP contribution < -0.4 is 14.2 Å². The zero-order valence-electron chi connectivity index (χ0n) is 13.0. The SMILES string of the molecule is COC(=O)c1cc(OC)c(Oc2ccc(C)cc2)c(OC)c1. The molecule has 0 spiro atoms. The molecule has 5 heteroatoms. The van der Waals surface area contributed by atoms with Gasteiger partial charge in [0.2, 0.25) is 5.75 Å². The van der Waals surface area contributed by atoms with Crippen LogP contribution in [0.1, 0.15) is 15.9 Å². The van der Waals surface area contributed by atoms with Gasteiger partial charge in [-0.3, -0.25) is 0 Å². The van der Waals surface area contributed by atoms with Crippen molar-refractivity contribution in [1.82, 2.24) is 0 Å². The Morgan fingerprint density at radius 1 is 0.909 bits per heavy atom. The number of methoxy groups -OCH3 is 3. The summed E-state index contributed by atoms with van der Waals surface area (Å²) >= 11 is 0. The van der Waals surface area contributed by atoms with E-state index >= 15 is 0 Å². The van der Waals surface area contributed by atoms with Crippen LogP contribution in [0.2, 0.25) is 0 Å². The van der Waals surface area contributed by atoms with Gasteiger partial charge >= 0.3 is 5.97 Å². The zero-order chi connectivity index (χ0) is 16.1. The van der Waals surface area contributed by atoms with Crippen molar-refractivity contribution in [3.05, 3.63) is 47.5 Å². The number of carbonyl (C=O) groups excluding carboxylic acids is 1. The molecule has 0 heterocycles. The van der Waals surface area contributed by atoms with E-state index in [-0.39, 0.29) is 0 Å². The van der Waals surface area contributed by atoms with Crippen molar-refractivity contribution in [2.75, 3.05) is 21.3 Å². The molecule has 116 valence electrons. The lowest BCUT2D eigenvalue weighted by Gasteiger charge is -2.15. The highest BCUT2D eigenvalue weighted by molar-refractivity contribution is 5.91. The van der Waals surface area contributed by atoms with Gasteiger partial charge in [0.25, 0.3) is 0 Å². The summed E-state index contributed by atoms with van der Waals surface area (Å²) in [4.78, 5) is 11.7. The van der Waals surface area contributed by atoms with Crippen LogP contribution in [-0.4, -0.2) is 27.3 Å². The molecule has 0 bridgehead atoms. The van der Waals surface area contributed by atoms with Crippen LogP contribution in [0.4, 0.5) is 0 Å². The number of rotatable bonds is 5. The average Bonchev–Trinajstić information content (AvgIpc) is 2.56. The van der Waals surface area contributed by atoms with Gasteiger partial charge in [-0.25, -0.2) is 4.79 Å². The van der Waals surface area contributed by atoms with Gasteiger partial charge in [-0.1, -0.05) is 17.7 Å². The first-order chi connectivity index (χ1) is 10.6. The number of esters is 1. The number of aryl methyl sites for hydroxylation is 1. The third-order valence-electron chi connectivity index (χ3n) is 3.12. The molecule has 0 amide bonds. The van der Waals surface area contributed by atoms with Crippen molar-refractivity contribution >= 4 is 5.97 Å². The lowest BCUT2D eigenvalue weighted by Crippen LogP contribution is -2.04. The van der Waals surface area contributed by atoms with Crippen molar-refractivity contribution in [3.8, 4) is 23.0 Å². The Kier molecular flexibility index (Phi) is 4.88. The summed E-state index contributed by atoms with van der Waals surface area (Å²) in [5.41, 5.74) is 1.46. The minimum absolute atomic E-state index is 0.326. The molecule has 22 heavy (non-hydrogen) atoms. The molecule has 2 aromatic carbocycles. The first-order valence-electron chi connectivity index (χ1n) is 6.68. The van der Waals surface area contributed by atoms with E-state index < -0.39 is 5.97 Å². The van der Waals surface area contributed by atoms with Crippen molar-refractivity contribution in [3.63, 3.8) is 0 Å². The van der Waals surface area contributed by atoms with E-state index in [1.165, 1.54) is 21.3 Å². The van der Waals surface area contributed by atoms with Crippen molar-refractivity contribution in [2.24, 2.45) is 0 Å². The molecule has 0 unspecified atom stereocenters. The standard InChI is InChI=1S/C17H18O5/c1-11-5-7-13(8-6-11)22-16-14(19-2)9-12(17(18)21-4)10-15(16)20-3/h5-10H,1-4H3. The monoisotopic (exact) mass is 302 g/mol. The molecule has 0 N–H and O–H groups in total. The van der Waals surface area contributed by atoms with Crippen LogP contribution >= 0.6 is 0 Å². The van der Waals surface area contributed by atoms with E-state index in [2.05, 4.69) is 0 Å². The fourth-order valence-corrected chi connectivity index (χ4v) is 1.94. The highest BCUT2D eigenvalue weighted by Gasteiger charge is 2.18. The van der Waals surface area contributed by atoms with Crippen molar-refractivity contribution in [2.45, 2.75) is 6.92 Å². The highest BCUT2D eigenvalue weighted by atomic mass is 16.5. The number of hydrogen-bond donors (Lipinski definition) is 0. The Labute approximate surface area is 129 Å². The molecule has 0 radical (unpaired) electrons. The number of benzene rings is 2. The van der Waals surface area contributed by atoms with E-state index in [0.717, 1.165) is 5.56 Å². The van der Waals surface area contributed by atoms with E-state index in [9.17, 15) is 4.79 Å². The van der Waals surface area contributed by atoms with Crippen molar-refractivity contribution in [1.29, 1.82) is 0 Å². The first-order valence-corrected chi connectivity index (χ1v) is 6.68. The minimum Gasteiger partial charge on any atom is -0.493 e. The molecular weight excluding hydrogens is 284 g/mol. The molecule has 0 saturated heterocycles. The van der Waals surface area contributed by atoms with Gasteiger partial charge in [0.1, 0.15) is 5.75 Å². The van der Waals surface area contributed by atoms with Crippen LogP contribution in [0.5, 0.6) is 23.0 Å². The fourth-order valence-electron chi connectivity index (χ4n) is 1.94. The summed E-state index contributed by atoms with van der Waals surface area (Å²) in [6, 6.07) is 10.7. The molecule has 0 saturated carbocycles. The van der Waals surface area contributed by atoms with Gasteiger partial charge < -0.3 is 18.9 Å². The van der Waals surface area contributed by atoms with E-state index in [1.807, 2.05) is 31.2 Å². The largest absolute Gasteiger partial charge is 0.493 e. The quantitative estimate of drug-likeness (QED) is 0.790. The Morgan fingerprint density at radius 3 is 1.91 bits per heavy atom.